The standard InChI is InChI=1S/C42H34N4O5S/c47-25-27-18-20-28(21-19-27)37-23-33(26-52-42-46-38(29-10-3-1-4-11-29)39(51-42)30-12-5-2-6-13-30)49-41(50-37)31-14-9-15-32(22-31)44-40(48)36-24-43-34-16-7-8-17-35(34)45-36/h1-22,24,33,37,41,47H,23,25-26H2,(H,44,48)/t33-,37+,41+/m1/s1. The predicted octanol–water partition coefficient (Wildman–Crippen LogP) is 9.03. The van der Waals surface area contributed by atoms with E-state index in [0.29, 0.717) is 28.6 Å². The molecule has 10 heteroatoms. The summed E-state index contributed by atoms with van der Waals surface area (Å²) < 4.78 is 19.6. The smallest absolute Gasteiger partial charge is 0.275 e. The third kappa shape index (κ3) is 7.51. The molecule has 3 heterocycles. The number of ether oxygens (including phenoxy) is 2. The minimum Gasteiger partial charge on any atom is -0.431 e. The number of anilines is 1. The molecule has 0 spiro atoms. The lowest BCUT2D eigenvalue weighted by Gasteiger charge is -2.36. The van der Waals surface area contributed by atoms with E-state index in [9.17, 15) is 9.90 Å². The second kappa shape index (κ2) is 15.3. The number of fused-ring (bicyclic) bond motifs is 1. The van der Waals surface area contributed by atoms with Crippen LogP contribution in [0.1, 0.15) is 46.0 Å². The van der Waals surface area contributed by atoms with Gasteiger partial charge < -0.3 is 24.3 Å². The highest BCUT2D eigenvalue weighted by Gasteiger charge is 2.33. The maximum absolute atomic E-state index is 13.2. The molecule has 52 heavy (non-hydrogen) atoms. The number of nitrogens with zero attached hydrogens (tertiary/aromatic N) is 3. The first-order valence-corrected chi connectivity index (χ1v) is 18.0. The van der Waals surface area contributed by atoms with Gasteiger partial charge in [-0.1, -0.05) is 121 Å². The van der Waals surface area contributed by atoms with Crippen LogP contribution < -0.4 is 5.32 Å². The second-order valence-corrected chi connectivity index (χ2v) is 13.3. The molecule has 0 aliphatic carbocycles. The third-order valence-electron chi connectivity index (χ3n) is 8.80. The van der Waals surface area contributed by atoms with Gasteiger partial charge in [-0.15, -0.1) is 0 Å². The summed E-state index contributed by atoms with van der Waals surface area (Å²) in [6.07, 6.45) is 0.834. The van der Waals surface area contributed by atoms with Crippen molar-refractivity contribution in [3.63, 3.8) is 0 Å². The van der Waals surface area contributed by atoms with Gasteiger partial charge in [0.25, 0.3) is 11.1 Å². The van der Waals surface area contributed by atoms with E-state index >= 15 is 0 Å². The fourth-order valence-electron chi connectivity index (χ4n) is 6.15. The number of rotatable bonds is 10. The number of para-hydroxylation sites is 2. The molecule has 1 fully saturated rings. The van der Waals surface area contributed by atoms with Crippen LogP contribution in [0.4, 0.5) is 5.69 Å². The topological polar surface area (TPSA) is 120 Å². The minimum absolute atomic E-state index is 0.0355. The molecule has 1 saturated heterocycles. The van der Waals surface area contributed by atoms with Crippen LogP contribution in [0.25, 0.3) is 33.6 Å². The van der Waals surface area contributed by atoms with Crippen LogP contribution in [0, 0.1) is 0 Å². The highest BCUT2D eigenvalue weighted by molar-refractivity contribution is 7.99. The Morgan fingerprint density at radius 1 is 0.769 bits per heavy atom. The van der Waals surface area contributed by atoms with Crippen LogP contribution in [0.15, 0.2) is 149 Å². The number of hydrogen-bond donors (Lipinski definition) is 2. The zero-order valence-electron chi connectivity index (χ0n) is 28.0. The van der Waals surface area contributed by atoms with E-state index in [1.54, 1.807) is 0 Å². The lowest BCUT2D eigenvalue weighted by Crippen LogP contribution is -2.31. The van der Waals surface area contributed by atoms with Gasteiger partial charge in [0.1, 0.15) is 11.4 Å². The molecule has 1 aliphatic rings. The van der Waals surface area contributed by atoms with Crippen molar-refractivity contribution in [2.45, 2.75) is 36.7 Å². The van der Waals surface area contributed by atoms with Crippen molar-refractivity contribution >= 4 is 34.4 Å². The van der Waals surface area contributed by atoms with Gasteiger partial charge in [0, 0.05) is 34.6 Å². The Morgan fingerprint density at radius 3 is 2.27 bits per heavy atom. The third-order valence-corrected chi connectivity index (χ3v) is 9.76. The van der Waals surface area contributed by atoms with Gasteiger partial charge in [-0.2, -0.15) is 0 Å². The molecule has 8 rings (SSSR count). The van der Waals surface area contributed by atoms with Gasteiger partial charge in [-0.25, -0.2) is 9.97 Å². The molecular weight excluding hydrogens is 673 g/mol. The van der Waals surface area contributed by atoms with Crippen molar-refractivity contribution < 1.29 is 23.8 Å². The molecular formula is C42H34N4O5S. The highest BCUT2D eigenvalue weighted by atomic mass is 32.2. The largest absolute Gasteiger partial charge is 0.431 e. The highest BCUT2D eigenvalue weighted by Crippen LogP contribution is 2.41. The maximum Gasteiger partial charge on any atom is 0.275 e. The van der Waals surface area contributed by atoms with Crippen LogP contribution in [0.2, 0.25) is 0 Å². The van der Waals surface area contributed by atoms with Gasteiger partial charge in [0.2, 0.25) is 0 Å². The quantitative estimate of drug-likeness (QED) is 0.134. The van der Waals surface area contributed by atoms with Crippen LogP contribution in [-0.2, 0) is 16.1 Å². The van der Waals surface area contributed by atoms with E-state index in [1.165, 1.54) is 18.0 Å². The average molecular weight is 707 g/mol. The number of carbonyl (C=O) groups excluding carboxylic acids is 1. The summed E-state index contributed by atoms with van der Waals surface area (Å²) >= 11 is 1.50. The zero-order chi connectivity index (χ0) is 35.3. The summed E-state index contributed by atoms with van der Waals surface area (Å²) in [6.45, 7) is -0.0355. The zero-order valence-corrected chi connectivity index (χ0v) is 28.8. The number of nitrogens with one attached hydrogen (secondary N) is 1. The molecule has 7 aromatic rings. The van der Waals surface area contributed by atoms with Crippen LogP contribution in [-0.4, -0.2) is 37.8 Å². The Hall–Kier alpha value is -5.65. The van der Waals surface area contributed by atoms with Crippen LogP contribution >= 0.6 is 11.8 Å². The molecule has 1 amide bonds. The number of aliphatic hydroxyl groups excluding tert-OH is 1. The van der Waals surface area contributed by atoms with Gasteiger partial charge in [-0.05, 0) is 35.4 Å². The number of thioether (sulfide) groups is 1. The fraction of sp³-hybridized carbons (Fsp3) is 0.143. The monoisotopic (exact) mass is 706 g/mol. The number of aromatic nitrogens is 3. The van der Waals surface area contributed by atoms with Crippen molar-refractivity contribution in [2.75, 3.05) is 11.1 Å². The fourth-order valence-corrected chi connectivity index (χ4v) is 6.99. The van der Waals surface area contributed by atoms with Crippen molar-refractivity contribution in [2.24, 2.45) is 0 Å². The minimum atomic E-state index is -0.719. The summed E-state index contributed by atoms with van der Waals surface area (Å²) in [5.74, 6) is 0.911. The Kier molecular flexibility index (Phi) is 9.86. The molecule has 0 radical (unpaired) electrons. The molecule has 5 aromatic carbocycles. The number of amides is 1. The summed E-state index contributed by atoms with van der Waals surface area (Å²) in [5.41, 5.74) is 7.43. The second-order valence-electron chi connectivity index (χ2n) is 12.4. The van der Waals surface area contributed by atoms with E-state index in [1.807, 2.05) is 133 Å². The predicted molar refractivity (Wildman–Crippen MR) is 200 cm³/mol. The molecule has 258 valence electrons. The van der Waals surface area contributed by atoms with E-state index in [0.717, 1.165) is 44.8 Å². The summed E-state index contributed by atoms with van der Waals surface area (Å²) in [7, 11) is 0. The van der Waals surface area contributed by atoms with Crippen molar-refractivity contribution in [1.29, 1.82) is 0 Å². The molecule has 2 aromatic heterocycles. The van der Waals surface area contributed by atoms with Crippen LogP contribution in [0.3, 0.4) is 0 Å². The summed E-state index contributed by atoms with van der Waals surface area (Å²) in [5, 5.41) is 13.1. The summed E-state index contributed by atoms with van der Waals surface area (Å²) in [6, 6.07) is 42.7. The lowest BCUT2D eigenvalue weighted by atomic mass is 10.0. The molecule has 9 nitrogen and oxygen atoms in total. The number of hydrogen-bond acceptors (Lipinski definition) is 9. The molecule has 0 saturated carbocycles. The van der Waals surface area contributed by atoms with Gasteiger partial charge >= 0.3 is 0 Å². The van der Waals surface area contributed by atoms with Crippen molar-refractivity contribution in [3.05, 3.63) is 162 Å². The van der Waals surface area contributed by atoms with Gasteiger partial charge in [0.05, 0.1) is 36.0 Å². The SMILES string of the molecule is O=C(Nc1cccc([C@H]2O[C@@H](CSc3nc(-c4ccccc4)c(-c4ccccc4)o3)C[C@@H](c3ccc(CO)cc3)O2)c1)c1cnc2ccccc2n1. The van der Waals surface area contributed by atoms with E-state index in [4.69, 9.17) is 18.9 Å². The molecule has 3 atom stereocenters. The van der Waals surface area contributed by atoms with Gasteiger partial charge in [0.15, 0.2) is 12.1 Å². The first kappa shape index (κ1) is 33.5. The number of aliphatic hydroxyl groups is 1. The Bertz CT molecular complexity index is 2240. The normalized spacial score (nSPS) is 17.2. The Labute approximate surface area is 304 Å². The van der Waals surface area contributed by atoms with Gasteiger partial charge in [-0.3, -0.25) is 9.78 Å². The maximum atomic E-state index is 13.2. The van der Waals surface area contributed by atoms with E-state index < -0.39 is 6.29 Å². The van der Waals surface area contributed by atoms with Crippen LogP contribution in [0.5, 0.6) is 0 Å². The van der Waals surface area contributed by atoms with Crippen molar-refractivity contribution in [1.82, 2.24) is 15.0 Å². The number of carbonyl (C=O) groups is 1. The Balaban J connectivity index is 1.03. The van der Waals surface area contributed by atoms with Crippen molar-refractivity contribution in [3.8, 4) is 22.6 Å². The van der Waals surface area contributed by atoms with E-state index in [2.05, 4.69) is 15.3 Å². The molecule has 0 bridgehead atoms. The molecule has 0 unspecified atom stereocenters. The number of oxazole rings is 1. The molecule has 2 N–H and O–H groups in total. The van der Waals surface area contributed by atoms with E-state index in [-0.39, 0.29) is 30.4 Å². The first-order valence-electron chi connectivity index (χ1n) is 17.0. The number of benzene rings is 5. The Morgan fingerprint density at radius 2 is 1.50 bits per heavy atom. The summed E-state index contributed by atoms with van der Waals surface area (Å²) in [4.78, 5) is 27.0. The first-order chi connectivity index (χ1) is 25.6. The molecule has 1 aliphatic heterocycles. The lowest BCUT2D eigenvalue weighted by molar-refractivity contribution is -0.245. The average Bonchev–Trinajstić information content (AvgIpc) is 3.65.